The second-order valence-electron chi connectivity index (χ2n) is 3.24. The molecule has 3 nitrogen and oxygen atoms in total. The first-order valence-corrected chi connectivity index (χ1v) is 5.55. The van der Waals surface area contributed by atoms with E-state index in [1.807, 2.05) is 30.3 Å². The maximum atomic E-state index is 8.60. The van der Waals surface area contributed by atoms with Crippen molar-refractivity contribution in [3.8, 4) is 6.07 Å². The number of hydrogen-bond donors (Lipinski definition) is 1. The Bertz CT molecular complexity index is 528. The summed E-state index contributed by atoms with van der Waals surface area (Å²) < 4.78 is 6.27. The van der Waals surface area contributed by atoms with Crippen LogP contribution in [-0.4, -0.2) is 0 Å². The minimum absolute atomic E-state index is 0.339. The molecule has 0 radical (unpaired) electrons. The summed E-state index contributed by atoms with van der Waals surface area (Å²) in [5.41, 5.74) is 1.00. The lowest BCUT2D eigenvalue weighted by Gasteiger charge is -2.04. The first-order chi connectivity index (χ1) is 7.78. The van der Waals surface area contributed by atoms with Crippen LogP contribution in [0.3, 0.4) is 0 Å². The molecule has 0 saturated carbocycles. The summed E-state index contributed by atoms with van der Waals surface area (Å²) in [7, 11) is 0. The van der Waals surface area contributed by atoms with Gasteiger partial charge in [-0.15, -0.1) is 0 Å². The molecule has 0 aliphatic rings. The zero-order valence-corrected chi connectivity index (χ0v) is 9.99. The molecule has 1 heterocycles. The molecular formula is C12H9BrN2O. The van der Waals surface area contributed by atoms with Crippen LogP contribution >= 0.6 is 15.9 Å². The third-order valence-electron chi connectivity index (χ3n) is 2.06. The molecule has 2 aromatic rings. The van der Waals surface area contributed by atoms with Crippen molar-refractivity contribution in [2.24, 2.45) is 0 Å². The van der Waals surface area contributed by atoms with Gasteiger partial charge in [0.2, 0.25) is 5.76 Å². The van der Waals surface area contributed by atoms with Crippen molar-refractivity contribution >= 4 is 21.6 Å². The molecule has 2 rings (SSSR count). The number of anilines is 1. The Labute approximate surface area is 102 Å². The molecule has 1 aromatic carbocycles. The summed E-state index contributed by atoms with van der Waals surface area (Å²) in [6.45, 7) is 0.568. The number of benzene rings is 1. The van der Waals surface area contributed by atoms with Gasteiger partial charge in [0.1, 0.15) is 11.8 Å². The molecule has 4 heteroatoms. The van der Waals surface area contributed by atoms with E-state index in [0.717, 1.165) is 15.9 Å². The Morgan fingerprint density at radius 1 is 1.31 bits per heavy atom. The lowest BCUT2D eigenvalue weighted by atomic mass is 10.3. The predicted octanol–water partition coefficient (Wildman–Crippen LogP) is 3.53. The van der Waals surface area contributed by atoms with Crippen LogP contribution in [0.2, 0.25) is 0 Å². The highest BCUT2D eigenvalue weighted by atomic mass is 79.9. The van der Waals surface area contributed by atoms with E-state index in [4.69, 9.17) is 9.68 Å². The number of halogens is 1. The van der Waals surface area contributed by atoms with E-state index >= 15 is 0 Å². The molecule has 0 amide bonds. The summed E-state index contributed by atoms with van der Waals surface area (Å²) >= 11 is 3.40. The zero-order valence-electron chi connectivity index (χ0n) is 8.40. The van der Waals surface area contributed by atoms with Gasteiger partial charge < -0.3 is 9.73 Å². The van der Waals surface area contributed by atoms with Gasteiger partial charge in [0.05, 0.1) is 6.54 Å². The predicted molar refractivity (Wildman–Crippen MR) is 64.9 cm³/mol. The van der Waals surface area contributed by atoms with E-state index in [1.54, 1.807) is 12.1 Å². The van der Waals surface area contributed by atoms with Gasteiger partial charge in [-0.3, -0.25) is 0 Å². The van der Waals surface area contributed by atoms with Gasteiger partial charge in [-0.05, 0) is 30.3 Å². The van der Waals surface area contributed by atoms with Gasteiger partial charge in [0.15, 0.2) is 0 Å². The third kappa shape index (κ3) is 2.65. The van der Waals surface area contributed by atoms with Crippen LogP contribution in [0.5, 0.6) is 0 Å². The first kappa shape index (κ1) is 10.8. The van der Waals surface area contributed by atoms with Crippen molar-refractivity contribution in [1.29, 1.82) is 5.26 Å². The average Bonchev–Trinajstić information content (AvgIpc) is 2.74. The largest absolute Gasteiger partial charge is 0.449 e. The van der Waals surface area contributed by atoms with Crippen molar-refractivity contribution in [1.82, 2.24) is 0 Å². The minimum Gasteiger partial charge on any atom is -0.449 e. The third-order valence-corrected chi connectivity index (χ3v) is 2.56. The average molecular weight is 277 g/mol. The summed E-state index contributed by atoms with van der Waals surface area (Å²) in [5, 5.41) is 11.8. The number of nitriles is 1. The van der Waals surface area contributed by atoms with E-state index < -0.39 is 0 Å². The molecule has 16 heavy (non-hydrogen) atoms. The second-order valence-corrected chi connectivity index (χ2v) is 4.16. The molecule has 1 N–H and O–H groups in total. The highest BCUT2D eigenvalue weighted by molar-refractivity contribution is 9.10. The van der Waals surface area contributed by atoms with E-state index in [1.165, 1.54) is 0 Å². The smallest absolute Gasteiger partial charge is 0.203 e. The summed E-state index contributed by atoms with van der Waals surface area (Å²) in [4.78, 5) is 0. The van der Waals surface area contributed by atoms with Crippen LogP contribution < -0.4 is 5.32 Å². The van der Waals surface area contributed by atoms with Crippen molar-refractivity contribution < 1.29 is 4.42 Å². The zero-order chi connectivity index (χ0) is 11.4. The highest BCUT2D eigenvalue weighted by Gasteiger charge is 2.00. The van der Waals surface area contributed by atoms with Crippen molar-refractivity contribution in [3.63, 3.8) is 0 Å². The van der Waals surface area contributed by atoms with Gasteiger partial charge in [-0.1, -0.05) is 22.0 Å². The van der Waals surface area contributed by atoms with Gasteiger partial charge >= 0.3 is 0 Å². The number of rotatable bonds is 3. The van der Waals surface area contributed by atoms with Crippen LogP contribution in [0, 0.1) is 11.3 Å². The topological polar surface area (TPSA) is 49.0 Å². The normalized spacial score (nSPS) is 9.75. The standard InChI is InChI=1S/C12H9BrN2O/c13-9-2-1-3-10(6-9)15-8-12-5-4-11(7-14)16-12/h1-6,15H,8H2. The van der Waals surface area contributed by atoms with Gasteiger partial charge in [-0.2, -0.15) is 5.26 Å². The molecule has 0 atom stereocenters. The maximum absolute atomic E-state index is 8.60. The second kappa shape index (κ2) is 4.86. The van der Waals surface area contributed by atoms with Crippen LogP contribution in [0.15, 0.2) is 45.3 Å². The molecule has 0 bridgehead atoms. The van der Waals surface area contributed by atoms with E-state index in [2.05, 4.69) is 21.2 Å². The molecule has 0 aliphatic carbocycles. The van der Waals surface area contributed by atoms with Gasteiger partial charge in [0, 0.05) is 10.2 Å². The van der Waals surface area contributed by atoms with E-state index in [-0.39, 0.29) is 0 Å². The Balaban J connectivity index is 2.00. The Hall–Kier alpha value is -1.73. The Morgan fingerprint density at radius 2 is 2.19 bits per heavy atom. The number of nitrogens with one attached hydrogen (secondary N) is 1. The maximum Gasteiger partial charge on any atom is 0.203 e. The van der Waals surface area contributed by atoms with Gasteiger partial charge in [0.25, 0.3) is 0 Å². The van der Waals surface area contributed by atoms with Crippen molar-refractivity contribution in [2.75, 3.05) is 5.32 Å². The SMILES string of the molecule is N#Cc1ccc(CNc2cccc(Br)c2)o1. The fraction of sp³-hybridized carbons (Fsp3) is 0.0833. The van der Waals surface area contributed by atoms with Crippen LogP contribution in [0.1, 0.15) is 11.5 Å². The molecule has 1 aromatic heterocycles. The van der Waals surface area contributed by atoms with Crippen molar-refractivity contribution in [3.05, 3.63) is 52.4 Å². The minimum atomic E-state index is 0.339. The fourth-order valence-corrected chi connectivity index (χ4v) is 1.72. The number of furan rings is 1. The Morgan fingerprint density at radius 3 is 2.88 bits per heavy atom. The van der Waals surface area contributed by atoms with Gasteiger partial charge in [-0.25, -0.2) is 0 Å². The Kier molecular flexibility index (Phi) is 3.28. The first-order valence-electron chi connectivity index (χ1n) is 4.76. The van der Waals surface area contributed by atoms with Crippen LogP contribution in [0.4, 0.5) is 5.69 Å². The van der Waals surface area contributed by atoms with Crippen LogP contribution in [0.25, 0.3) is 0 Å². The number of nitrogens with zero attached hydrogens (tertiary/aromatic N) is 1. The number of hydrogen-bond acceptors (Lipinski definition) is 3. The van der Waals surface area contributed by atoms with Crippen LogP contribution in [-0.2, 0) is 6.54 Å². The van der Waals surface area contributed by atoms with Crippen molar-refractivity contribution in [2.45, 2.75) is 6.54 Å². The highest BCUT2D eigenvalue weighted by Crippen LogP contribution is 2.16. The molecule has 0 spiro atoms. The van der Waals surface area contributed by atoms with E-state index in [0.29, 0.717) is 12.3 Å². The monoisotopic (exact) mass is 276 g/mol. The summed E-state index contributed by atoms with van der Waals surface area (Å²) in [5.74, 6) is 1.09. The van der Waals surface area contributed by atoms with E-state index in [9.17, 15) is 0 Å². The summed E-state index contributed by atoms with van der Waals surface area (Å²) in [6, 6.07) is 13.3. The quantitative estimate of drug-likeness (QED) is 0.933. The summed E-state index contributed by atoms with van der Waals surface area (Å²) in [6.07, 6.45) is 0. The molecular weight excluding hydrogens is 268 g/mol. The molecule has 0 saturated heterocycles. The molecule has 0 unspecified atom stereocenters. The fourth-order valence-electron chi connectivity index (χ4n) is 1.32. The lowest BCUT2D eigenvalue weighted by molar-refractivity contribution is 0.506. The molecule has 0 fully saturated rings. The lowest BCUT2D eigenvalue weighted by Crippen LogP contribution is -1.97. The molecule has 0 aliphatic heterocycles. The molecule has 80 valence electrons.